The predicted octanol–water partition coefficient (Wildman–Crippen LogP) is 0.556. The van der Waals surface area contributed by atoms with E-state index in [1.54, 1.807) is 0 Å². The van der Waals surface area contributed by atoms with Crippen LogP contribution in [0.1, 0.15) is 13.3 Å². The number of aliphatic carboxylic acids is 1. The lowest BCUT2D eigenvalue weighted by atomic mass is 10.2. The first kappa shape index (κ1) is 15.3. The number of carboxylic acids is 1. The molecule has 0 bridgehead atoms. The second-order valence-electron chi connectivity index (χ2n) is 4.50. The molecule has 1 aromatic rings. The summed E-state index contributed by atoms with van der Waals surface area (Å²) in [6.45, 7) is 1.66. The van der Waals surface area contributed by atoms with Gasteiger partial charge in [0.25, 0.3) is 0 Å². The zero-order valence-electron chi connectivity index (χ0n) is 11.2. The molecule has 114 valence electrons. The summed E-state index contributed by atoms with van der Waals surface area (Å²) in [5, 5.41) is 23.3. The molecule has 9 nitrogen and oxygen atoms in total. The molecule has 0 radical (unpaired) electrons. The van der Waals surface area contributed by atoms with Crippen molar-refractivity contribution in [2.75, 3.05) is 5.75 Å². The Kier molecular flexibility index (Phi) is 4.46. The quantitative estimate of drug-likeness (QED) is 0.623. The van der Waals surface area contributed by atoms with Crippen LogP contribution >= 0.6 is 11.8 Å². The molecule has 0 aliphatic carbocycles. The highest BCUT2D eigenvalue weighted by Gasteiger charge is 2.40. The summed E-state index contributed by atoms with van der Waals surface area (Å²) in [6, 6.07) is -0.863. The highest BCUT2D eigenvalue weighted by atomic mass is 32.2. The minimum atomic E-state index is -1.04. The lowest BCUT2D eigenvalue weighted by Gasteiger charge is -2.26. The summed E-state index contributed by atoms with van der Waals surface area (Å²) in [5.74, 6) is -1.10. The molecule has 10 heteroatoms. The number of nitrogens with zero attached hydrogens (tertiary/aromatic N) is 4. The Labute approximate surface area is 124 Å². The minimum absolute atomic E-state index is 0.191. The van der Waals surface area contributed by atoms with Gasteiger partial charge in [-0.1, -0.05) is 6.92 Å². The molecule has 1 aliphatic rings. The summed E-state index contributed by atoms with van der Waals surface area (Å²) < 4.78 is 1.15. The molecule has 2 heterocycles. The van der Waals surface area contributed by atoms with Gasteiger partial charge in [0.2, 0.25) is 5.91 Å². The number of rotatable bonds is 5. The number of carbonyl (C=O) groups excluding carboxylic acids is 1. The van der Waals surface area contributed by atoms with E-state index < -0.39 is 22.8 Å². The first-order chi connectivity index (χ1) is 9.93. The molecule has 1 aromatic heterocycles. The Bertz CT molecular complexity index is 575. The van der Waals surface area contributed by atoms with E-state index in [4.69, 9.17) is 5.11 Å². The van der Waals surface area contributed by atoms with Crippen LogP contribution in [0, 0.1) is 10.1 Å². The van der Waals surface area contributed by atoms with Crippen molar-refractivity contribution in [1.29, 1.82) is 0 Å². The Morgan fingerprint density at radius 2 is 2.33 bits per heavy atom. The number of thioether (sulfide) groups is 1. The predicted molar refractivity (Wildman–Crippen MR) is 73.7 cm³/mol. The molecule has 2 unspecified atom stereocenters. The van der Waals surface area contributed by atoms with Gasteiger partial charge in [0.1, 0.15) is 25.0 Å². The van der Waals surface area contributed by atoms with Crippen LogP contribution in [0.5, 0.6) is 0 Å². The Hall–Kier alpha value is -2.10. The van der Waals surface area contributed by atoms with Crippen LogP contribution in [0.25, 0.3) is 0 Å². The third-order valence-corrected chi connectivity index (χ3v) is 4.60. The van der Waals surface area contributed by atoms with Crippen molar-refractivity contribution in [1.82, 2.24) is 14.7 Å². The lowest BCUT2D eigenvalue weighted by molar-refractivity contribution is -0.385. The average molecular weight is 314 g/mol. The maximum Gasteiger partial charge on any atom is 0.327 e. The molecule has 1 saturated heterocycles. The van der Waals surface area contributed by atoms with Crippen LogP contribution in [-0.4, -0.2) is 53.8 Å². The SMILES string of the molecule is CCC1SCC(C(=O)O)N1C(=O)Cn1cc([N+](=O)[O-])cn1. The second-order valence-corrected chi connectivity index (χ2v) is 5.72. The summed E-state index contributed by atoms with van der Waals surface area (Å²) in [4.78, 5) is 34.8. The molecule has 1 aliphatic heterocycles. The van der Waals surface area contributed by atoms with E-state index >= 15 is 0 Å². The van der Waals surface area contributed by atoms with Gasteiger partial charge in [-0.2, -0.15) is 5.10 Å². The smallest absolute Gasteiger partial charge is 0.327 e. The maximum atomic E-state index is 12.3. The van der Waals surface area contributed by atoms with Crippen molar-refractivity contribution in [2.45, 2.75) is 31.3 Å². The molecule has 2 rings (SSSR count). The van der Waals surface area contributed by atoms with Crippen LogP contribution in [0.2, 0.25) is 0 Å². The Balaban J connectivity index is 2.12. The standard InChI is InChI=1S/C11H14N4O5S/c1-2-10-14(8(6-21-10)11(17)18)9(16)5-13-4-7(3-12-13)15(19)20/h3-4,8,10H,2,5-6H2,1H3,(H,17,18). The topological polar surface area (TPSA) is 119 Å². The van der Waals surface area contributed by atoms with Crippen molar-refractivity contribution in [2.24, 2.45) is 0 Å². The summed E-state index contributed by atoms with van der Waals surface area (Å²) in [7, 11) is 0. The fourth-order valence-corrected chi connectivity index (χ4v) is 3.52. The van der Waals surface area contributed by atoms with E-state index in [-0.39, 0.29) is 17.6 Å². The molecular formula is C11H14N4O5S. The van der Waals surface area contributed by atoms with Gasteiger partial charge in [-0.15, -0.1) is 11.8 Å². The van der Waals surface area contributed by atoms with Crippen molar-refractivity contribution < 1.29 is 19.6 Å². The highest BCUT2D eigenvalue weighted by molar-refractivity contribution is 8.00. The molecule has 0 saturated carbocycles. The molecule has 1 fully saturated rings. The zero-order valence-corrected chi connectivity index (χ0v) is 12.0. The Morgan fingerprint density at radius 1 is 1.62 bits per heavy atom. The van der Waals surface area contributed by atoms with Gasteiger partial charge in [0.05, 0.1) is 10.3 Å². The normalized spacial score (nSPS) is 21.5. The molecule has 1 amide bonds. The monoisotopic (exact) mass is 314 g/mol. The Morgan fingerprint density at radius 3 is 2.86 bits per heavy atom. The van der Waals surface area contributed by atoms with Gasteiger partial charge < -0.3 is 10.0 Å². The highest BCUT2D eigenvalue weighted by Crippen LogP contribution is 2.31. The summed E-state index contributed by atoms with van der Waals surface area (Å²) in [5.41, 5.74) is -0.208. The third-order valence-electron chi connectivity index (χ3n) is 3.14. The molecule has 21 heavy (non-hydrogen) atoms. The van der Waals surface area contributed by atoms with E-state index in [2.05, 4.69) is 5.10 Å². The van der Waals surface area contributed by atoms with E-state index in [1.807, 2.05) is 6.92 Å². The van der Waals surface area contributed by atoms with Crippen molar-refractivity contribution in [3.05, 3.63) is 22.5 Å². The second kappa shape index (κ2) is 6.12. The van der Waals surface area contributed by atoms with Crippen LogP contribution in [0.3, 0.4) is 0 Å². The maximum absolute atomic E-state index is 12.3. The van der Waals surface area contributed by atoms with Gasteiger partial charge >= 0.3 is 11.7 Å². The average Bonchev–Trinajstić information content (AvgIpc) is 3.03. The molecule has 0 aromatic carbocycles. The van der Waals surface area contributed by atoms with Crippen LogP contribution < -0.4 is 0 Å². The van der Waals surface area contributed by atoms with E-state index in [1.165, 1.54) is 16.7 Å². The van der Waals surface area contributed by atoms with Crippen molar-refractivity contribution >= 4 is 29.3 Å². The largest absolute Gasteiger partial charge is 0.480 e. The van der Waals surface area contributed by atoms with Crippen LogP contribution in [0.15, 0.2) is 12.4 Å². The van der Waals surface area contributed by atoms with Crippen LogP contribution in [0.4, 0.5) is 5.69 Å². The summed E-state index contributed by atoms with van der Waals surface area (Å²) in [6.07, 6.45) is 2.84. The number of carbonyl (C=O) groups is 2. The van der Waals surface area contributed by atoms with Gasteiger partial charge in [0, 0.05) is 5.75 Å². The summed E-state index contributed by atoms with van der Waals surface area (Å²) >= 11 is 1.42. The van der Waals surface area contributed by atoms with Gasteiger partial charge in [-0.25, -0.2) is 4.79 Å². The first-order valence-corrected chi connectivity index (χ1v) is 7.31. The van der Waals surface area contributed by atoms with Crippen molar-refractivity contribution in [3.63, 3.8) is 0 Å². The third kappa shape index (κ3) is 3.15. The molecule has 0 spiro atoms. The fraction of sp³-hybridized carbons (Fsp3) is 0.545. The molecule has 1 N–H and O–H groups in total. The number of carboxylic acid groups (broad SMARTS) is 1. The van der Waals surface area contributed by atoms with E-state index in [0.717, 1.165) is 17.1 Å². The zero-order chi connectivity index (χ0) is 15.6. The van der Waals surface area contributed by atoms with Gasteiger partial charge in [-0.3, -0.25) is 19.6 Å². The van der Waals surface area contributed by atoms with Crippen molar-refractivity contribution in [3.8, 4) is 0 Å². The number of hydrogen-bond donors (Lipinski definition) is 1. The minimum Gasteiger partial charge on any atom is -0.480 e. The number of amides is 1. The van der Waals surface area contributed by atoms with E-state index in [0.29, 0.717) is 12.2 Å². The number of aromatic nitrogens is 2. The number of hydrogen-bond acceptors (Lipinski definition) is 6. The molecule has 2 atom stereocenters. The number of nitro groups is 1. The van der Waals surface area contributed by atoms with Gasteiger partial charge in [-0.05, 0) is 6.42 Å². The lowest BCUT2D eigenvalue weighted by Crippen LogP contribution is -2.46. The molecular weight excluding hydrogens is 300 g/mol. The van der Waals surface area contributed by atoms with E-state index in [9.17, 15) is 19.7 Å². The van der Waals surface area contributed by atoms with Gasteiger partial charge in [0.15, 0.2) is 0 Å². The van der Waals surface area contributed by atoms with Crippen LogP contribution in [-0.2, 0) is 16.1 Å². The first-order valence-electron chi connectivity index (χ1n) is 6.26. The fourth-order valence-electron chi connectivity index (χ4n) is 2.16.